The van der Waals surface area contributed by atoms with E-state index in [1.165, 1.54) is 16.8 Å². The largest absolute Gasteiger partial charge is 0.318 e. The number of aromatic nitrogens is 1. The van der Waals surface area contributed by atoms with E-state index in [0.717, 1.165) is 22.5 Å². The van der Waals surface area contributed by atoms with Crippen molar-refractivity contribution < 1.29 is 4.79 Å². The number of hydrogen-bond donors (Lipinski definition) is 1. The number of carbonyl (C=O) groups is 1. The first-order valence-electron chi connectivity index (χ1n) is 9.04. The van der Waals surface area contributed by atoms with Crippen molar-refractivity contribution in [1.82, 2.24) is 9.99 Å². The van der Waals surface area contributed by atoms with Gasteiger partial charge in [-0.1, -0.05) is 35.9 Å². The van der Waals surface area contributed by atoms with Crippen LogP contribution in [0.5, 0.6) is 0 Å². The second-order valence-electron chi connectivity index (χ2n) is 6.97. The maximum absolute atomic E-state index is 12.3. The Balaban J connectivity index is 1.83. The molecule has 0 unspecified atom stereocenters. The van der Waals surface area contributed by atoms with Crippen LogP contribution in [-0.2, 0) is 0 Å². The molecule has 0 atom stereocenters. The minimum Gasteiger partial charge on any atom is -0.318 e. The van der Waals surface area contributed by atoms with E-state index in [1.54, 1.807) is 12.3 Å². The van der Waals surface area contributed by atoms with Crippen LogP contribution in [0.15, 0.2) is 53.6 Å². The Morgan fingerprint density at radius 2 is 1.70 bits per heavy atom. The molecule has 1 amide bonds. The van der Waals surface area contributed by atoms with Crippen molar-refractivity contribution in [3.8, 4) is 5.69 Å². The van der Waals surface area contributed by atoms with Gasteiger partial charge >= 0.3 is 0 Å². The van der Waals surface area contributed by atoms with E-state index in [-0.39, 0.29) is 5.91 Å². The molecule has 0 saturated heterocycles. The number of nitrogens with zero attached hydrogens (tertiary/aromatic N) is 2. The van der Waals surface area contributed by atoms with Crippen molar-refractivity contribution >= 4 is 12.1 Å². The zero-order valence-electron chi connectivity index (χ0n) is 16.5. The van der Waals surface area contributed by atoms with E-state index in [9.17, 15) is 4.79 Å². The van der Waals surface area contributed by atoms with Crippen LogP contribution in [0, 0.1) is 34.6 Å². The summed E-state index contributed by atoms with van der Waals surface area (Å²) in [6, 6.07) is 16.0. The summed E-state index contributed by atoms with van der Waals surface area (Å²) in [6.07, 6.45) is 1.71. The number of hydrazone groups is 1. The van der Waals surface area contributed by atoms with Crippen molar-refractivity contribution in [3.05, 3.63) is 87.7 Å². The molecular formula is C23H25N3O. The van der Waals surface area contributed by atoms with E-state index in [1.807, 2.05) is 25.1 Å². The van der Waals surface area contributed by atoms with Crippen molar-refractivity contribution in [2.45, 2.75) is 34.6 Å². The zero-order chi connectivity index (χ0) is 19.6. The summed E-state index contributed by atoms with van der Waals surface area (Å²) in [7, 11) is 0. The lowest BCUT2D eigenvalue weighted by atomic mass is 10.1. The first-order valence-corrected chi connectivity index (χ1v) is 9.04. The Bertz CT molecular complexity index is 1030. The fraction of sp³-hybridized carbons (Fsp3) is 0.217. The Morgan fingerprint density at radius 1 is 0.963 bits per heavy atom. The SMILES string of the molecule is Cc1ccc(-n2c(C)cc(/C=N\NC(=O)c3ccccc3C)c2C)c(C)c1. The van der Waals surface area contributed by atoms with Crippen LogP contribution in [0.4, 0.5) is 0 Å². The standard InChI is InChI=1S/C23H25N3O/c1-15-10-11-22(17(3)12-15)26-18(4)13-20(19(26)5)14-24-25-23(27)21-9-7-6-8-16(21)2/h6-14H,1-5H3,(H,25,27)/b24-14-. The highest BCUT2D eigenvalue weighted by Gasteiger charge is 2.12. The van der Waals surface area contributed by atoms with Crippen molar-refractivity contribution in [3.63, 3.8) is 0 Å². The highest BCUT2D eigenvalue weighted by Crippen LogP contribution is 2.23. The molecule has 4 nitrogen and oxygen atoms in total. The average molecular weight is 359 g/mol. The van der Waals surface area contributed by atoms with Crippen LogP contribution in [0.3, 0.4) is 0 Å². The van der Waals surface area contributed by atoms with Crippen molar-refractivity contribution in [2.75, 3.05) is 0 Å². The molecule has 0 bridgehead atoms. The van der Waals surface area contributed by atoms with Gasteiger partial charge in [-0.05, 0) is 63.9 Å². The van der Waals surface area contributed by atoms with E-state index in [4.69, 9.17) is 0 Å². The van der Waals surface area contributed by atoms with Crippen molar-refractivity contribution in [2.24, 2.45) is 5.10 Å². The first-order chi connectivity index (χ1) is 12.9. The van der Waals surface area contributed by atoms with E-state index >= 15 is 0 Å². The molecule has 0 aliphatic carbocycles. The molecule has 138 valence electrons. The molecule has 4 heteroatoms. The topological polar surface area (TPSA) is 46.4 Å². The number of amides is 1. The summed E-state index contributed by atoms with van der Waals surface area (Å²) in [4.78, 5) is 12.3. The van der Waals surface area contributed by atoms with Gasteiger partial charge < -0.3 is 4.57 Å². The summed E-state index contributed by atoms with van der Waals surface area (Å²) in [6.45, 7) is 10.3. The van der Waals surface area contributed by atoms with Crippen LogP contribution in [-0.4, -0.2) is 16.7 Å². The van der Waals surface area contributed by atoms with Crippen LogP contribution < -0.4 is 5.43 Å². The predicted octanol–water partition coefficient (Wildman–Crippen LogP) is 4.78. The Kier molecular flexibility index (Phi) is 5.26. The van der Waals surface area contributed by atoms with Gasteiger partial charge in [-0.15, -0.1) is 0 Å². The van der Waals surface area contributed by atoms with E-state index in [2.05, 4.69) is 67.1 Å². The van der Waals surface area contributed by atoms with Gasteiger partial charge in [0.15, 0.2) is 0 Å². The molecule has 2 aromatic carbocycles. The molecule has 3 rings (SSSR count). The van der Waals surface area contributed by atoms with Gasteiger partial charge in [0, 0.05) is 28.2 Å². The smallest absolute Gasteiger partial charge is 0.271 e. The lowest BCUT2D eigenvalue weighted by Crippen LogP contribution is -2.18. The molecule has 1 N–H and O–H groups in total. The molecule has 0 aliphatic rings. The van der Waals surface area contributed by atoms with Crippen LogP contribution in [0.25, 0.3) is 5.69 Å². The molecular weight excluding hydrogens is 334 g/mol. The van der Waals surface area contributed by atoms with Crippen LogP contribution in [0.2, 0.25) is 0 Å². The van der Waals surface area contributed by atoms with Crippen molar-refractivity contribution in [1.29, 1.82) is 0 Å². The van der Waals surface area contributed by atoms with Gasteiger partial charge in [0.05, 0.1) is 6.21 Å². The Hall–Kier alpha value is -3.14. The third-order valence-electron chi connectivity index (χ3n) is 4.82. The van der Waals surface area contributed by atoms with Gasteiger partial charge in [0.1, 0.15) is 0 Å². The second-order valence-corrected chi connectivity index (χ2v) is 6.97. The quantitative estimate of drug-likeness (QED) is 0.529. The Labute approximate surface area is 160 Å². The highest BCUT2D eigenvalue weighted by molar-refractivity contribution is 5.96. The third-order valence-corrected chi connectivity index (χ3v) is 4.82. The second kappa shape index (κ2) is 7.62. The van der Waals surface area contributed by atoms with E-state index in [0.29, 0.717) is 5.56 Å². The summed E-state index contributed by atoms with van der Waals surface area (Å²) >= 11 is 0. The molecule has 1 heterocycles. The Morgan fingerprint density at radius 3 is 2.41 bits per heavy atom. The fourth-order valence-corrected chi connectivity index (χ4v) is 3.39. The van der Waals surface area contributed by atoms with E-state index < -0.39 is 0 Å². The number of benzene rings is 2. The predicted molar refractivity (Wildman–Crippen MR) is 111 cm³/mol. The molecule has 3 aromatic rings. The summed E-state index contributed by atoms with van der Waals surface area (Å²) in [5, 5.41) is 4.17. The molecule has 0 spiro atoms. The lowest BCUT2D eigenvalue weighted by molar-refractivity contribution is 0.0954. The van der Waals surface area contributed by atoms with Gasteiger partial charge in [0.25, 0.3) is 5.91 Å². The molecule has 0 radical (unpaired) electrons. The summed E-state index contributed by atoms with van der Waals surface area (Å²) in [5.74, 6) is -0.201. The number of aryl methyl sites for hydroxylation is 4. The molecule has 0 aliphatic heterocycles. The zero-order valence-corrected chi connectivity index (χ0v) is 16.5. The van der Waals surface area contributed by atoms with Crippen LogP contribution in [0.1, 0.15) is 44.0 Å². The number of hydrogen-bond acceptors (Lipinski definition) is 2. The molecule has 27 heavy (non-hydrogen) atoms. The number of carbonyl (C=O) groups excluding carboxylic acids is 1. The highest BCUT2D eigenvalue weighted by atomic mass is 16.2. The summed E-state index contributed by atoms with van der Waals surface area (Å²) < 4.78 is 2.22. The molecule has 1 aromatic heterocycles. The number of nitrogens with one attached hydrogen (secondary N) is 1. The monoisotopic (exact) mass is 359 g/mol. The van der Waals surface area contributed by atoms with Gasteiger partial charge in [-0.3, -0.25) is 4.79 Å². The minimum absolute atomic E-state index is 0.201. The summed E-state index contributed by atoms with van der Waals surface area (Å²) in [5.41, 5.74) is 11.0. The normalized spacial score (nSPS) is 11.1. The maximum Gasteiger partial charge on any atom is 0.271 e. The maximum atomic E-state index is 12.3. The van der Waals surface area contributed by atoms with Crippen LogP contribution >= 0.6 is 0 Å². The van der Waals surface area contributed by atoms with Gasteiger partial charge in [-0.2, -0.15) is 5.10 Å². The lowest BCUT2D eigenvalue weighted by Gasteiger charge is -2.13. The molecule has 0 fully saturated rings. The average Bonchev–Trinajstić information content (AvgIpc) is 2.89. The third kappa shape index (κ3) is 3.85. The first kappa shape index (κ1) is 18.6. The van der Waals surface area contributed by atoms with Gasteiger partial charge in [-0.25, -0.2) is 5.43 Å². The fourth-order valence-electron chi connectivity index (χ4n) is 3.39. The van der Waals surface area contributed by atoms with Gasteiger partial charge in [0.2, 0.25) is 0 Å². The minimum atomic E-state index is -0.201. The number of rotatable bonds is 4. The molecule has 0 saturated carbocycles.